The monoisotopic (exact) mass is 350 g/mol. The van der Waals surface area contributed by atoms with Crippen molar-refractivity contribution in [1.82, 2.24) is 4.90 Å². The van der Waals surface area contributed by atoms with Crippen LogP contribution in [0.25, 0.3) is 0 Å². The van der Waals surface area contributed by atoms with Gasteiger partial charge in [-0.2, -0.15) is 0 Å². The third kappa shape index (κ3) is 4.53. The number of aryl methyl sites for hydroxylation is 3. The molecule has 138 valence electrons. The lowest BCUT2D eigenvalue weighted by Gasteiger charge is -2.31. The van der Waals surface area contributed by atoms with Crippen LogP contribution >= 0.6 is 0 Å². The minimum absolute atomic E-state index is 0.119. The summed E-state index contributed by atoms with van der Waals surface area (Å²) in [7, 11) is 0. The molecule has 0 spiro atoms. The van der Waals surface area contributed by atoms with E-state index in [1.54, 1.807) is 0 Å². The first-order valence-electron chi connectivity index (χ1n) is 9.74. The van der Waals surface area contributed by atoms with Gasteiger partial charge in [0.2, 0.25) is 5.91 Å². The molecule has 0 unspecified atom stereocenters. The maximum Gasteiger partial charge on any atom is 0.227 e. The predicted molar refractivity (Wildman–Crippen MR) is 108 cm³/mol. The molecule has 0 atom stereocenters. The lowest BCUT2D eigenvalue weighted by Crippen LogP contribution is -2.37. The van der Waals surface area contributed by atoms with Crippen LogP contribution in [-0.2, 0) is 17.8 Å². The van der Waals surface area contributed by atoms with Gasteiger partial charge in [0, 0.05) is 18.2 Å². The number of piperidine rings is 1. The minimum Gasteiger partial charge on any atom is -0.325 e. The Hall–Kier alpha value is -2.13. The Kier molecular flexibility index (Phi) is 6.10. The number of hydrogen-bond acceptors (Lipinski definition) is 2. The molecular weight excluding hydrogens is 320 g/mol. The van der Waals surface area contributed by atoms with Crippen LogP contribution in [0.2, 0.25) is 0 Å². The summed E-state index contributed by atoms with van der Waals surface area (Å²) in [5.41, 5.74) is 6.03. The normalized spacial score (nSPS) is 15.8. The Balaban J connectivity index is 1.55. The lowest BCUT2D eigenvalue weighted by atomic mass is 9.95. The largest absolute Gasteiger partial charge is 0.325 e. The molecule has 3 nitrogen and oxygen atoms in total. The third-order valence-corrected chi connectivity index (χ3v) is 5.47. The van der Waals surface area contributed by atoms with E-state index in [2.05, 4.69) is 73.5 Å². The molecule has 1 N–H and O–H groups in total. The zero-order chi connectivity index (χ0) is 18.5. The van der Waals surface area contributed by atoms with Crippen LogP contribution in [0.15, 0.2) is 42.5 Å². The zero-order valence-electron chi connectivity index (χ0n) is 16.2. The van der Waals surface area contributed by atoms with Crippen LogP contribution in [0.5, 0.6) is 0 Å². The zero-order valence-corrected chi connectivity index (χ0v) is 16.2. The van der Waals surface area contributed by atoms with E-state index in [1.807, 2.05) is 0 Å². The SMILES string of the molecule is CCc1cccc(C)c1NC(=O)C1CCN(Cc2ccc(C)cc2)CC1. The summed E-state index contributed by atoms with van der Waals surface area (Å²) in [6, 6.07) is 15.0. The average molecular weight is 351 g/mol. The van der Waals surface area contributed by atoms with E-state index in [-0.39, 0.29) is 11.8 Å². The molecule has 0 bridgehead atoms. The molecule has 1 fully saturated rings. The first-order valence-corrected chi connectivity index (χ1v) is 9.74. The van der Waals surface area contributed by atoms with E-state index in [9.17, 15) is 4.79 Å². The van der Waals surface area contributed by atoms with Gasteiger partial charge in [0.1, 0.15) is 0 Å². The highest BCUT2D eigenvalue weighted by atomic mass is 16.1. The standard InChI is InChI=1S/C23H30N2O/c1-4-20-7-5-6-18(3)22(20)24-23(26)21-12-14-25(15-13-21)16-19-10-8-17(2)9-11-19/h5-11,21H,4,12-16H2,1-3H3,(H,24,26). The van der Waals surface area contributed by atoms with Crippen molar-refractivity contribution < 1.29 is 4.79 Å². The van der Waals surface area contributed by atoms with Gasteiger partial charge in [0.25, 0.3) is 0 Å². The highest BCUT2D eigenvalue weighted by molar-refractivity contribution is 5.94. The molecule has 1 saturated heterocycles. The molecule has 0 radical (unpaired) electrons. The number of nitrogens with zero attached hydrogens (tertiary/aromatic N) is 1. The Bertz CT molecular complexity index is 743. The van der Waals surface area contributed by atoms with Crippen LogP contribution in [-0.4, -0.2) is 23.9 Å². The van der Waals surface area contributed by atoms with Gasteiger partial charge in [-0.15, -0.1) is 0 Å². The van der Waals surface area contributed by atoms with E-state index in [0.29, 0.717) is 0 Å². The first kappa shape index (κ1) is 18.7. The lowest BCUT2D eigenvalue weighted by molar-refractivity contribution is -0.121. The average Bonchev–Trinajstić information content (AvgIpc) is 2.65. The van der Waals surface area contributed by atoms with Gasteiger partial charge < -0.3 is 5.32 Å². The van der Waals surface area contributed by atoms with Crippen LogP contribution in [0.4, 0.5) is 5.69 Å². The maximum atomic E-state index is 12.8. The van der Waals surface area contributed by atoms with Gasteiger partial charge in [-0.25, -0.2) is 0 Å². The summed E-state index contributed by atoms with van der Waals surface area (Å²) < 4.78 is 0. The van der Waals surface area contributed by atoms with Crippen LogP contribution in [0.1, 0.15) is 42.0 Å². The topological polar surface area (TPSA) is 32.3 Å². The number of carbonyl (C=O) groups excluding carboxylic acids is 1. The van der Waals surface area contributed by atoms with Crippen molar-refractivity contribution in [3.63, 3.8) is 0 Å². The van der Waals surface area contributed by atoms with Crippen molar-refractivity contribution in [2.24, 2.45) is 5.92 Å². The molecule has 2 aromatic carbocycles. The molecule has 3 rings (SSSR count). The number of hydrogen-bond donors (Lipinski definition) is 1. The van der Waals surface area contributed by atoms with Crippen molar-refractivity contribution >= 4 is 11.6 Å². The fourth-order valence-electron chi connectivity index (χ4n) is 3.73. The fraction of sp³-hybridized carbons (Fsp3) is 0.435. The molecule has 1 aliphatic heterocycles. The smallest absolute Gasteiger partial charge is 0.227 e. The molecule has 0 aromatic heterocycles. The maximum absolute atomic E-state index is 12.8. The van der Waals surface area contributed by atoms with Crippen molar-refractivity contribution in [3.05, 3.63) is 64.7 Å². The van der Waals surface area contributed by atoms with Crippen molar-refractivity contribution in [2.75, 3.05) is 18.4 Å². The van der Waals surface area contributed by atoms with Crippen LogP contribution < -0.4 is 5.32 Å². The fourth-order valence-corrected chi connectivity index (χ4v) is 3.73. The van der Waals surface area contributed by atoms with Gasteiger partial charge in [-0.3, -0.25) is 9.69 Å². The van der Waals surface area contributed by atoms with Gasteiger partial charge in [-0.05, 0) is 62.9 Å². The third-order valence-electron chi connectivity index (χ3n) is 5.47. The number of anilines is 1. The Morgan fingerprint density at radius 1 is 1.08 bits per heavy atom. The summed E-state index contributed by atoms with van der Waals surface area (Å²) in [6.45, 7) is 9.27. The van der Waals surface area contributed by atoms with Gasteiger partial charge in [0.15, 0.2) is 0 Å². The van der Waals surface area contributed by atoms with Crippen molar-refractivity contribution in [1.29, 1.82) is 0 Å². The first-order chi connectivity index (χ1) is 12.6. The quantitative estimate of drug-likeness (QED) is 0.846. The Labute approximate surface area is 157 Å². The predicted octanol–water partition coefficient (Wildman–Crippen LogP) is 4.72. The Morgan fingerprint density at radius 2 is 1.77 bits per heavy atom. The molecule has 26 heavy (non-hydrogen) atoms. The van der Waals surface area contributed by atoms with Crippen LogP contribution in [0, 0.1) is 19.8 Å². The molecular formula is C23H30N2O. The number of carbonyl (C=O) groups is 1. The van der Waals surface area contributed by atoms with Gasteiger partial charge in [-0.1, -0.05) is 55.0 Å². The highest BCUT2D eigenvalue weighted by Gasteiger charge is 2.25. The summed E-state index contributed by atoms with van der Waals surface area (Å²) in [5.74, 6) is 0.303. The van der Waals surface area contributed by atoms with E-state index in [0.717, 1.165) is 50.1 Å². The molecule has 0 aliphatic carbocycles. The summed E-state index contributed by atoms with van der Waals surface area (Å²) in [6.07, 6.45) is 2.81. The van der Waals surface area contributed by atoms with Gasteiger partial charge >= 0.3 is 0 Å². The molecule has 0 saturated carbocycles. The molecule has 3 heteroatoms. The molecule has 1 amide bonds. The number of para-hydroxylation sites is 1. The number of amides is 1. The number of rotatable bonds is 5. The van der Waals surface area contributed by atoms with E-state index in [1.165, 1.54) is 16.7 Å². The second-order valence-electron chi connectivity index (χ2n) is 7.49. The Morgan fingerprint density at radius 3 is 2.42 bits per heavy atom. The molecule has 1 aliphatic rings. The summed E-state index contributed by atoms with van der Waals surface area (Å²) >= 11 is 0. The van der Waals surface area contributed by atoms with Crippen LogP contribution in [0.3, 0.4) is 0 Å². The second-order valence-corrected chi connectivity index (χ2v) is 7.49. The number of likely N-dealkylation sites (tertiary alicyclic amines) is 1. The van der Waals surface area contributed by atoms with Crippen molar-refractivity contribution in [2.45, 2.75) is 46.6 Å². The highest BCUT2D eigenvalue weighted by Crippen LogP contribution is 2.25. The van der Waals surface area contributed by atoms with Gasteiger partial charge in [0.05, 0.1) is 0 Å². The summed E-state index contributed by atoms with van der Waals surface area (Å²) in [4.78, 5) is 15.2. The summed E-state index contributed by atoms with van der Waals surface area (Å²) in [5, 5.41) is 3.21. The molecule has 2 aromatic rings. The number of nitrogens with one attached hydrogen (secondary N) is 1. The minimum atomic E-state index is 0.119. The molecule has 1 heterocycles. The van der Waals surface area contributed by atoms with E-state index in [4.69, 9.17) is 0 Å². The van der Waals surface area contributed by atoms with E-state index < -0.39 is 0 Å². The van der Waals surface area contributed by atoms with Crippen molar-refractivity contribution in [3.8, 4) is 0 Å². The second kappa shape index (κ2) is 8.50. The number of benzene rings is 2. The van der Waals surface area contributed by atoms with E-state index >= 15 is 0 Å².